The van der Waals surface area contributed by atoms with E-state index in [0.717, 1.165) is 31.2 Å². The first-order valence-corrected chi connectivity index (χ1v) is 6.37. The molecule has 1 aliphatic heterocycles. The topological polar surface area (TPSA) is 55.0 Å². The van der Waals surface area contributed by atoms with Gasteiger partial charge in [0.2, 0.25) is 4.47 Å². The lowest BCUT2D eigenvalue weighted by molar-refractivity contribution is 0.180. The lowest BCUT2D eigenvalue weighted by Gasteiger charge is -2.30. The molecule has 6 heteroatoms. The predicted octanol–water partition coefficient (Wildman–Crippen LogP) is 1.36. The molecule has 0 spiro atoms. The second-order valence-electron chi connectivity index (χ2n) is 3.90. The van der Waals surface area contributed by atoms with Crippen LogP contribution in [0.2, 0.25) is 4.47 Å². The third-order valence-corrected chi connectivity index (χ3v) is 3.85. The van der Waals surface area contributed by atoms with Crippen LogP contribution in [-0.4, -0.2) is 34.7 Å². The van der Waals surface area contributed by atoms with Gasteiger partial charge in [-0.05, 0) is 50.0 Å². The number of likely N-dealkylation sites (tertiary alicyclic amines) is 1. The van der Waals surface area contributed by atoms with Crippen molar-refractivity contribution in [3.63, 3.8) is 0 Å². The molecular formula is C9H15ClN4S. The third-order valence-electron chi connectivity index (χ3n) is 2.84. The number of aromatic nitrogens is 2. The van der Waals surface area contributed by atoms with Crippen LogP contribution in [0.4, 0.5) is 0 Å². The van der Waals surface area contributed by atoms with Gasteiger partial charge in [0.05, 0.1) is 6.54 Å². The molecule has 2 heterocycles. The molecule has 0 aromatic carbocycles. The van der Waals surface area contributed by atoms with Gasteiger partial charge in [0, 0.05) is 0 Å². The Labute approximate surface area is 98.4 Å². The smallest absolute Gasteiger partial charge is 0.207 e. The molecule has 15 heavy (non-hydrogen) atoms. The summed E-state index contributed by atoms with van der Waals surface area (Å²) in [4.78, 5) is 2.39. The maximum Gasteiger partial charge on any atom is 0.207 e. The van der Waals surface area contributed by atoms with E-state index in [9.17, 15) is 0 Å². The number of rotatable bonds is 3. The summed E-state index contributed by atoms with van der Waals surface area (Å²) in [7, 11) is 0. The van der Waals surface area contributed by atoms with Crippen LogP contribution in [0.5, 0.6) is 0 Å². The van der Waals surface area contributed by atoms with Crippen LogP contribution in [0.3, 0.4) is 0 Å². The molecule has 0 unspecified atom stereocenters. The summed E-state index contributed by atoms with van der Waals surface area (Å²) in [6.45, 7) is 3.91. The number of hydrogen-bond donors (Lipinski definition) is 1. The Morgan fingerprint density at radius 1 is 1.40 bits per heavy atom. The van der Waals surface area contributed by atoms with E-state index in [-0.39, 0.29) is 0 Å². The lowest BCUT2D eigenvalue weighted by atomic mass is 9.97. The zero-order chi connectivity index (χ0) is 10.7. The maximum absolute atomic E-state index is 5.73. The maximum atomic E-state index is 5.73. The highest BCUT2D eigenvalue weighted by atomic mass is 35.5. The normalized spacial score (nSPS) is 19.6. The van der Waals surface area contributed by atoms with Gasteiger partial charge in [-0.2, -0.15) is 0 Å². The van der Waals surface area contributed by atoms with Gasteiger partial charge in [0.25, 0.3) is 0 Å². The molecule has 1 aromatic rings. The monoisotopic (exact) mass is 246 g/mol. The molecular weight excluding hydrogens is 232 g/mol. The highest BCUT2D eigenvalue weighted by molar-refractivity contribution is 7.15. The number of piperidine rings is 1. The van der Waals surface area contributed by atoms with Crippen molar-refractivity contribution in [1.29, 1.82) is 0 Å². The van der Waals surface area contributed by atoms with E-state index in [4.69, 9.17) is 17.3 Å². The first kappa shape index (κ1) is 11.3. The fraction of sp³-hybridized carbons (Fsp3) is 0.778. The Kier molecular flexibility index (Phi) is 3.91. The van der Waals surface area contributed by atoms with E-state index in [1.54, 1.807) is 0 Å². The molecule has 0 radical (unpaired) electrons. The zero-order valence-corrected chi connectivity index (χ0v) is 10.1. The number of hydrogen-bond acceptors (Lipinski definition) is 5. The number of nitrogens with two attached hydrogens (primary N) is 1. The Bertz CT molecular complexity index is 309. The molecule has 0 amide bonds. The lowest BCUT2D eigenvalue weighted by Crippen LogP contribution is -2.35. The molecule has 0 atom stereocenters. The molecule has 0 bridgehead atoms. The minimum Gasteiger partial charge on any atom is -0.330 e. The van der Waals surface area contributed by atoms with Crippen LogP contribution in [0, 0.1) is 5.92 Å². The standard InChI is InChI=1S/C9H15ClN4S/c10-9-13-12-8(15-9)6-14-3-1-7(5-11)2-4-14/h7H,1-6,11H2. The summed E-state index contributed by atoms with van der Waals surface area (Å²) < 4.78 is 0.529. The van der Waals surface area contributed by atoms with Crippen LogP contribution >= 0.6 is 22.9 Å². The zero-order valence-electron chi connectivity index (χ0n) is 8.53. The molecule has 1 saturated heterocycles. The summed E-state index contributed by atoms with van der Waals surface area (Å²) in [5.74, 6) is 0.708. The second kappa shape index (κ2) is 5.21. The van der Waals surface area contributed by atoms with Crippen molar-refractivity contribution in [3.05, 3.63) is 9.47 Å². The van der Waals surface area contributed by atoms with E-state index in [2.05, 4.69) is 15.1 Å². The van der Waals surface area contributed by atoms with Crippen molar-refractivity contribution in [3.8, 4) is 0 Å². The summed E-state index contributed by atoms with van der Waals surface area (Å²) in [5, 5.41) is 8.83. The van der Waals surface area contributed by atoms with E-state index >= 15 is 0 Å². The largest absolute Gasteiger partial charge is 0.330 e. The first-order chi connectivity index (χ1) is 7.28. The molecule has 84 valence electrons. The SMILES string of the molecule is NCC1CCN(Cc2nnc(Cl)s2)CC1. The Balaban J connectivity index is 1.82. The quantitative estimate of drug-likeness (QED) is 0.875. The van der Waals surface area contributed by atoms with Gasteiger partial charge in [0.1, 0.15) is 5.01 Å². The van der Waals surface area contributed by atoms with Crippen LogP contribution in [0.1, 0.15) is 17.8 Å². The molecule has 1 aliphatic rings. The Morgan fingerprint density at radius 2 is 2.13 bits per heavy atom. The second-order valence-corrected chi connectivity index (χ2v) is 5.55. The van der Waals surface area contributed by atoms with Crippen LogP contribution in [-0.2, 0) is 6.54 Å². The molecule has 4 nitrogen and oxygen atoms in total. The van der Waals surface area contributed by atoms with E-state index in [0.29, 0.717) is 10.4 Å². The van der Waals surface area contributed by atoms with Crippen molar-refractivity contribution < 1.29 is 0 Å². The van der Waals surface area contributed by atoms with Gasteiger partial charge < -0.3 is 5.73 Å². The van der Waals surface area contributed by atoms with E-state index in [1.807, 2.05) is 0 Å². The minimum atomic E-state index is 0.529. The van der Waals surface area contributed by atoms with E-state index in [1.165, 1.54) is 24.2 Å². The summed E-state index contributed by atoms with van der Waals surface area (Å²) in [6.07, 6.45) is 2.39. The van der Waals surface area contributed by atoms with Gasteiger partial charge in [-0.15, -0.1) is 10.2 Å². The van der Waals surface area contributed by atoms with Gasteiger partial charge in [-0.1, -0.05) is 11.3 Å². The van der Waals surface area contributed by atoms with Gasteiger partial charge in [-0.25, -0.2) is 0 Å². The highest BCUT2D eigenvalue weighted by Crippen LogP contribution is 2.20. The first-order valence-electron chi connectivity index (χ1n) is 5.18. The molecule has 2 N–H and O–H groups in total. The summed E-state index contributed by atoms with van der Waals surface area (Å²) >= 11 is 7.20. The average molecular weight is 247 g/mol. The van der Waals surface area contributed by atoms with Crippen molar-refractivity contribution in [2.75, 3.05) is 19.6 Å². The Hall–Kier alpha value is -0.230. The fourth-order valence-electron chi connectivity index (χ4n) is 1.87. The van der Waals surface area contributed by atoms with Crippen molar-refractivity contribution in [1.82, 2.24) is 15.1 Å². The van der Waals surface area contributed by atoms with Gasteiger partial charge in [0.15, 0.2) is 0 Å². The van der Waals surface area contributed by atoms with Crippen molar-refractivity contribution >= 4 is 22.9 Å². The molecule has 0 saturated carbocycles. The molecule has 1 fully saturated rings. The number of nitrogens with zero attached hydrogens (tertiary/aromatic N) is 3. The van der Waals surface area contributed by atoms with Gasteiger partial charge >= 0.3 is 0 Å². The molecule has 2 rings (SSSR count). The van der Waals surface area contributed by atoms with Crippen LogP contribution in [0.25, 0.3) is 0 Å². The third kappa shape index (κ3) is 3.11. The fourth-order valence-corrected chi connectivity index (χ4v) is 2.78. The molecule has 0 aliphatic carbocycles. The van der Waals surface area contributed by atoms with Crippen molar-refractivity contribution in [2.24, 2.45) is 11.7 Å². The van der Waals surface area contributed by atoms with Crippen LogP contribution < -0.4 is 5.73 Å². The highest BCUT2D eigenvalue weighted by Gasteiger charge is 2.18. The van der Waals surface area contributed by atoms with Crippen LogP contribution in [0.15, 0.2) is 0 Å². The van der Waals surface area contributed by atoms with Gasteiger partial charge in [-0.3, -0.25) is 4.90 Å². The Morgan fingerprint density at radius 3 is 2.67 bits per heavy atom. The van der Waals surface area contributed by atoms with Crippen molar-refractivity contribution in [2.45, 2.75) is 19.4 Å². The summed E-state index contributed by atoms with van der Waals surface area (Å²) in [6, 6.07) is 0. The minimum absolute atomic E-state index is 0.529. The predicted molar refractivity (Wildman–Crippen MR) is 62.0 cm³/mol. The van der Waals surface area contributed by atoms with E-state index < -0.39 is 0 Å². The average Bonchev–Trinajstić information content (AvgIpc) is 2.65. The summed E-state index contributed by atoms with van der Waals surface area (Å²) in [5.41, 5.74) is 5.65. The molecule has 1 aromatic heterocycles. The number of halogens is 1.